The summed E-state index contributed by atoms with van der Waals surface area (Å²) in [4.78, 5) is 0. The van der Waals surface area contributed by atoms with E-state index in [1.807, 2.05) is 36.4 Å². The number of hydrogen-bond donors (Lipinski definition) is 4. The molecule has 0 unspecified atom stereocenters. The van der Waals surface area contributed by atoms with Gasteiger partial charge in [-0.15, -0.1) is 0 Å². The van der Waals surface area contributed by atoms with Crippen LogP contribution in [0.4, 0.5) is 11.4 Å². The van der Waals surface area contributed by atoms with Gasteiger partial charge in [0.25, 0.3) is 0 Å². The molecule has 0 radical (unpaired) electrons. The predicted molar refractivity (Wildman–Crippen MR) is 186 cm³/mol. The topological polar surface area (TPSA) is 64.5 Å². The van der Waals surface area contributed by atoms with E-state index < -0.39 is 0 Å². The predicted octanol–water partition coefficient (Wildman–Crippen LogP) is 10.2. The van der Waals surface area contributed by atoms with E-state index in [2.05, 4.69) is 111 Å². The molecule has 0 aliphatic rings. The molecule has 0 heterocycles. The molecule has 0 aromatic heterocycles. The number of aryl methyl sites for hydroxylation is 1. The minimum atomic E-state index is -0.164. The lowest BCUT2D eigenvalue weighted by molar-refractivity contribution is 0.441. The summed E-state index contributed by atoms with van der Waals surface area (Å²) in [6.45, 7) is 9.39. The molecule has 0 saturated carbocycles. The third kappa shape index (κ3) is 5.56. The third-order valence-electron chi connectivity index (χ3n) is 8.56. The second kappa shape index (κ2) is 12.0. The van der Waals surface area contributed by atoms with E-state index in [0.29, 0.717) is 24.6 Å². The molecule has 0 amide bonds. The van der Waals surface area contributed by atoms with Crippen LogP contribution in [0.25, 0.3) is 32.7 Å². The Morgan fingerprint density at radius 1 is 0.523 bits per heavy atom. The summed E-state index contributed by atoms with van der Waals surface area (Å²) >= 11 is 0. The first-order chi connectivity index (χ1) is 21.3. The largest absolute Gasteiger partial charge is 0.507 e. The summed E-state index contributed by atoms with van der Waals surface area (Å²) in [6, 6.07) is 37.5. The number of phenolic OH excluding ortho intramolecular Hbond substituents is 2. The van der Waals surface area contributed by atoms with E-state index in [0.717, 1.165) is 72.7 Å². The number of aromatic hydroxyl groups is 2. The maximum Gasteiger partial charge on any atom is 0.124 e. The lowest BCUT2D eigenvalue weighted by Gasteiger charge is -2.23. The molecule has 0 atom stereocenters. The van der Waals surface area contributed by atoms with E-state index in [9.17, 15) is 10.2 Å². The molecule has 4 heteroatoms. The highest BCUT2D eigenvalue weighted by Gasteiger charge is 2.21. The van der Waals surface area contributed by atoms with Crippen molar-refractivity contribution in [3.8, 4) is 22.6 Å². The van der Waals surface area contributed by atoms with Gasteiger partial charge in [0.15, 0.2) is 0 Å². The van der Waals surface area contributed by atoms with Gasteiger partial charge in [0, 0.05) is 46.7 Å². The molecule has 4 nitrogen and oxygen atoms in total. The average molecular weight is 581 g/mol. The first kappa shape index (κ1) is 29.1. The Morgan fingerprint density at radius 2 is 1.00 bits per heavy atom. The van der Waals surface area contributed by atoms with Crippen LogP contribution in [-0.4, -0.2) is 10.2 Å². The monoisotopic (exact) mass is 580 g/mol. The zero-order valence-corrected chi connectivity index (χ0v) is 25.9. The molecule has 6 rings (SSSR count). The van der Waals surface area contributed by atoms with E-state index in [4.69, 9.17) is 0 Å². The van der Waals surface area contributed by atoms with Crippen LogP contribution < -0.4 is 10.6 Å². The Balaban J connectivity index is 1.49. The molecule has 6 aromatic rings. The number of phenols is 2. The Kier molecular flexibility index (Phi) is 7.92. The summed E-state index contributed by atoms with van der Waals surface area (Å²) in [5, 5.41) is 34.1. The zero-order chi connectivity index (χ0) is 30.8. The van der Waals surface area contributed by atoms with Crippen molar-refractivity contribution in [2.45, 2.75) is 52.6 Å². The number of fused-ring (bicyclic) bond motifs is 2. The number of rotatable bonds is 8. The SMILES string of the molecule is CCc1cccc(CNc2ccc3ccccc3c2-c2c(NCc3cccc(C(C)(C)C)c3O)ccc3ccccc23)c1O. The van der Waals surface area contributed by atoms with Gasteiger partial charge in [-0.1, -0.05) is 125 Å². The molecule has 222 valence electrons. The normalized spacial score (nSPS) is 11.6. The quantitative estimate of drug-likeness (QED) is 0.145. The fraction of sp³-hybridized carbons (Fsp3) is 0.200. The van der Waals surface area contributed by atoms with Crippen LogP contribution in [-0.2, 0) is 24.9 Å². The van der Waals surface area contributed by atoms with Crippen LogP contribution in [0.1, 0.15) is 49.9 Å². The molecule has 4 N–H and O–H groups in total. The lowest BCUT2D eigenvalue weighted by Crippen LogP contribution is -2.12. The smallest absolute Gasteiger partial charge is 0.124 e. The number of nitrogens with one attached hydrogen (secondary N) is 2. The van der Waals surface area contributed by atoms with Crippen molar-refractivity contribution in [3.05, 3.63) is 131 Å². The van der Waals surface area contributed by atoms with E-state index >= 15 is 0 Å². The molecule has 0 aliphatic heterocycles. The number of benzene rings is 6. The van der Waals surface area contributed by atoms with Crippen LogP contribution >= 0.6 is 0 Å². The van der Waals surface area contributed by atoms with Gasteiger partial charge in [0.2, 0.25) is 0 Å². The molecular weight excluding hydrogens is 540 g/mol. The van der Waals surface area contributed by atoms with Gasteiger partial charge >= 0.3 is 0 Å². The Labute approximate surface area is 260 Å². The molecule has 0 saturated heterocycles. The van der Waals surface area contributed by atoms with Crippen molar-refractivity contribution in [2.24, 2.45) is 0 Å². The molecule has 44 heavy (non-hydrogen) atoms. The molecule has 0 spiro atoms. The van der Waals surface area contributed by atoms with Crippen molar-refractivity contribution < 1.29 is 10.2 Å². The molecule has 0 bridgehead atoms. The molecular formula is C40H40N2O2. The average Bonchev–Trinajstić information content (AvgIpc) is 3.03. The van der Waals surface area contributed by atoms with E-state index in [1.54, 1.807) is 0 Å². The first-order valence-electron chi connectivity index (χ1n) is 15.4. The van der Waals surface area contributed by atoms with Crippen molar-refractivity contribution >= 4 is 32.9 Å². The van der Waals surface area contributed by atoms with Gasteiger partial charge in [-0.3, -0.25) is 0 Å². The van der Waals surface area contributed by atoms with E-state index in [-0.39, 0.29) is 5.41 Å². The zero-order valence-electron chi connectivity index (χ0n) is 25.9. The highest BCUT2D eigenvalue weighted by molar-refractivity contribution is 6.13. The van der Waals surface area contributed by atoms with Crippen LogP contribution in [0.3, 0.4) is 0 Å². The maximum atomic E-state index is 11.2. The number of hydrogen-bond acceptors (Lipinski definition) is 4. The van der Waals surface area contributed by atoms with Crippen molar-refractivity contribution in [1.29, 1.82) is 0 Å². The van der Waals surface area contributed by atoms with Gasteiger partial charge in [-0.2, -0.15) is 0 Å². The second-order valence-electron chi connectivity index (χ2n) is 12.5. The van der Waals surface area contributed by atoms with Crippen LogP contribution in [0.15, 0.2) is 109 Å². The van der Waals surface area contributed by atoms with Crippen molar-refractivity contribution in [3.63, 3.8) is 0 Å². The minimum Gasteiger partial charge on any atom is -0.507 e. The Bertz CT molecular complexity index is 1970. The Morgan fingerprint density at radius 3 is 1.52 bits per heavy atom. The Hall–Kier alpha value is -4.96. The lowest BCUT2D eigenvalue weighted by atomic mass is 9.85. The first-order valence-corrected chi connectivity index (χ1v) is 15.4. The van der Waals surface area contributed by atoms with Gasteiger partial charge in [0.1, 0.15) is 11.5 Å². The molecule has 0 fully saturated rings. The molecule has 0 aliphatic carbocycles. The van der Waals surface area contributed by atoms with Crippen LogP contribution in [0, 0.1) is 0 Å². The molecule has 6 aromatic carbocycles. The van der Waals surface area contributed by atoms with Crippen LogP contribution in [0.2, 0.25) is 0 Å². The van der Waals surface area contributed by atoms with Gasteiger partial charge in [0.05, 0.1) is 0 Å². The van der Waals surface area contributed by atoms with Crippen molar-refractivity contribution in [1.82, 2.24) is 0 Å². The van der Waals surface area contributed by atoms with E-state index in [1.165, 1.54) is 0 Å². The highest BCUT2D eigenvalue weighted by atomic mass is 16.3. The minimum absolute atomic E-state index is 0.164. The van der Waals surface area contributed by atoms with Gasteiger partial charge < -0.3 is 20.8 Å². The second-order valence-corrected chi connectivity index (χ2v) is 12.5. The fourth-order valence-corrected chi connectivity index (χ4v) is 6.17. The van der Waals surface area contributed by atoms with Gasteiger partial charge in [-0.25, -0.2) is 0 Å². The summed E-state index contributed by atoms with van der Waals surface area (Å²) in [6.07, 6.45) is 0.778. The summed E-state index contributed by atoms with van der Waals surface area (Å²) in [5.74, 6) is 0.700. The summed E-state index contributed by atoms with van der Waals surface area (Å²) in [5.41, 5.74) is 7.62. The van der Waals surface area contributed by atoms with Crippen LogP contribution in [0.5, 0.6) is 11.5 Å². The third-order valence-corrected chi connectivity index (χ3v) is 8.56. The summed E-state index contributed by atoms with van der Waals surface area (Å²) in [7, 11) is 0. The fourth-order valence-electron chi connectivity index (χ4n) is 6.17. The maximum absolute atomic E-state index is 11.2. The number of para-hydroxylation sites is 2. The van der Waals surface area contributed by atoms with Crippen molar-refractivity contribution in [2.75, 3.05) is 10.6 Å². The number of anilines is 2. The summed E-state index contributed by atoms with van der Waals surface area (Å²) < 4.78 is 0. The van der Waals surface area contributed by atoms with Gasteiger partial charge in [-0.05, 0) is 56.6 Å². The standard InChI is InChI=1S/C40H40N2O2/c1-5-26-14-10-15-29(38(26)43)24-41-34-22-20-27-12-6-8-17-31(27)36(34)37-32-18-9-7-13-28(32)21-23-35(37)42-25-30-16-11-19-33(39(30)44)40(2,3)4/h6-23,41-44H,5,24-25H2,1-4H3. The highest BCUT2D eigenvalue weighted by Crippen LogP contribution is 2.44.